The van der Waals surface area contributed by atoms with Crippen LogP contribution in [0.1, 0.15) is 0 Å². The monoisotopic (exact) mass is 150 g/mol. The van der Waals surface area contributed by atoms with Gasteiger partial charge in [-0.3, -0.25) is 0 Å². The molecule has 0 unspecified atom stereocenters. The van der Waals surface area contributed by atoms with Crippen molar-refractivity contribution < 1.29 is 10.2 Å². The molecule has 0 bridgehead atoms. The first kappa shape index (κ1) is 6.23. The zero-order valence-electron chi connectivity index (χ0n) is 4.50. The minimum Gasteiger partial charge on any atom is -0.508 e. The molecule has 0 spiro atoms. The van der Waals surface area contributed by atoms with Crippen molar-refractivity contribution >= 4 is 11.6 Å². The van der Waals surface area contributed by atoms with Crippen LogP contribution in [0.15, 0.2) is 18.2 Å². The Balaban J connectivity index is 3.17. The van der Waals surface area contributed by atoms with Gasteiger partial charge in [0.05, 0.1) is 5.02 Å². The second kappa shape index (κ2) is 2.15. The van der Waals surface area contributed by atoms with E-state index in [0.29, 0.717) is 0 Å². The van der Waals surface area contributed by atoms with Gasteiger partial charge in [-0.05, 0) is 12.1 Å². The summed E-state index contributed by atoms with van der Waals surface area (Å²) in [6.45, 7) is 0. The number of phenols is 2. The molecule has 0 saturated heterocycles. The van der Waals surface area contributed by atoms with Crippen molar-refractivity contribution in [2.24, 2.45) is 0 Å². The maximum atomic E-state index is 8.81. The van der Waals surface area contributed by atoms with Crippen molar-refractivity contribution in [3.8, 4) is 11.5 Å². The Morgan fingerprint density at radius 2 is 1.89 bits per heavy atom. The van der Waals surface area contributed by atoms with Gasteiger partial charge in [-0.15, -0.1) is 0 Å². The van der Waals surface area contributed by atoms with Gasteiger partial charge in [0.25, 0.3) is 0 Å². The van der Waals surface area contributed by atoms with Crippen LogP contribution >= 0.6 is 11.6 Å². The summed E-state index contributed by atoms with van der Waals surface area (Å²) in [6, 6.07) is 4.01. The summed E-state index contributed by atoms with van der Waals surface area (Å²) >= 11 is 5.42. The number of aromatic hydroxyl groups is 2. The fourth-order valence-electron chi connectivity index (χ4n) is 0.501. The smallest absolute Gasteiger partial charge is 0.137 e. The summed E-state index contributed by atoms with van der Waals surface area (Å²) in [6.07, 6.45) is 0. The van der Waals surface area contributed by atoms with Gasteiger partial charge in [-0.1, -0.05) is 11.6 Å². The fourth-order valence-corrected chi connectivity index (χ4v) is 0.619. The quantitative estimate of drug-likeness (QED) is 0.592. The largest absolute Gasteiger partial charge is 0.508 e. The molecule has 0 amide bonds. The average molecular weight is 151 g/mol. The number of phenolic OH excluding ortho intramolecular Hbond substituents is 2. The molecule has 9 heavy (non-hydrogen) atoms. The van der Waals surface area contributed by atoms with Gasteiger partial charge in [0, 0.05) is 6.07 Å². The lowest BCUT2D eigenvalue weighted by Gasteiger charge is -1.94. The van der Waals surface area contributed by atoms with E-state index in [-0.39, 0.29) is 16.5 Å². The van der Waals surface area contributed by atoms with Crippen molar-refractivity contribution in [2.75, 3.05) is 0 Å². The Labute approximate surface area is 57.3 Å². The van der Waals surface area contributed by atoms with E-state index in [1.165, 1.54) is 18.2 Å². The number of halogens is 1. The highest BCUT2D eigenvalue weighted by Crippen LogP contribution is 2.26. The number of hydrogen-bond donors (Lipinski definition) is 2. The molecule has 0 fully saturated rings. The van der Waals surface area contributed by atoms with E-state index in [1.807, 2.05) is 0 Å². The fraction of sp³-hybridized carbons (Fsp3) is 0. The van der Waals surface area contributed by atoms with Crippen LogP contribution in [0.2, 0.25) is 5.02 Å². The predicted molar refractivity (Wildman–Crippen MR) is 34.8 cm³/mol. The standard InChI is InChI=1S/C6H5ClO2/c7-5-2-1-4(8)3-6(5)9/h1-3,8-9H/i1+1,2+1,3+1,4+1,5+1,6+1. The summed E-state index contributed by atoms with van der Waals surface area (Å²) in [7, 11) is 0. The first-order valence-corrected chi connectivity index (χ1v) is 2.75. The van der Waals surface area contributed by atoms with Gasteiger partial charge in [-0.2, -0.15) is 0 Å². The SMILES string of the molecule is O[13c]1[13cH][13cH][13c](Cl)[13c](O)[13cH]1. The summed E-state index contributed by atoms with van der Waals surface area (Å²) in [5, 5.41) is 17.8. The van der Waals surface area contributed by atoms with E-state index in [1.54, 1.807) is 0 Å². The molecule has 0 radical (unpaired) electrons. The molecule has 0 atom stereocenters. The molecule has 1 aromatic rings. The predicted octanol–water partition coefficient (Wildman–Crippen LogP) is 1.75. The molecule has 0 saturated carbocycles. The maximum Gasteiger partial charge on any atom is 0.137 e. The first-order chi connectivity index (χ1) is 4.20. The molecule has 0 aliphatic rings. The molecule has 0 aliphatic carbocycles. The summed E-state index contributed by atoms with van der Waals surface area (Å²) in [4.78, 5) is 0. The van der Waals surface area contributed by atoms with Crippen LogP contribution in [0.25, 0.3) is 0 Å². The van der Waals surface area contributed by atoms with Crippen molar-refractivity contribution in [1.29, 1.82) is 0 Å². The van der Waals surface area contributed by atoms with Crippen LogP contribution < -0.4 is 0 Å². The van der Waals surface area contributed by atoms with E-state index < -0.39 is 0 Å². The van der Waals surface area contributed by atoms with Gasteiger partial charge in [0.2, 0.25) is 0 Å². The molecule has 3 heteroatoms. The normalized spacial score (nSPS) is 9.44. The van der Waals surface area contributed by atoms with E-state index >= 15 is 0 Å². The third kappa shape index (κ3) is 1.27. The number of benzene rings is 1. The van der Waals surface area contributed by atoms with Crippen LogP contribution in [-0.2, 0) is 0 Å². The van der Waals surface area contributed by atoms with Crippen molar-refractivity contribution in [2.45, 2.75) is 0 Å². The minimum absolute atomic E-state index is 0.0110. The van der Waals surface area contributed by atoms with Crippen LogP contribution in [0.5, 0.6) is 11.5 Å². The highest BCUT2D eigenvalue weighted by Gasteiger charge is 1.95. The lowest BCUT2D eigenvalue weighted by Crippen LogP contribution is -1.66. The van der Waals surface area contributed by atoms with E-state index in [2.05, 4.69) is 0 Å². The third-order valence-corrected chi connectivity index (χ3v) is 1.25. The first-order valence-electron chi connectivity index (χ1n) is 2.37. The van der Waals surface area contributed by atoms with Gasteiger partial charge in [-0.25, -0.2) is 0 Å². The number of hydrogen-bond acceptors (Lipinski definition) is 2. The van der Waals surface area contributed by atoms with E-state index in [4.69, 9.17) is 21.8 Å². The maximum absolute atomic E-state index is 8.81. The van der Waals surface area contributed by atoms with Gasteiger partial charge in [0.15, 0.2) is 0 Å². The molecule has 1 rings (SSSR count). The topological polar surface area (TPSA) is 40.5 Å². The Morgan fingerprint density at radius 3 is 2.33 bits per heavy atom. The molecule has 1 aromatic carbocycles. The second-order valence-corrected chi connectivity index (χ2v) is 2.04. The number of rotatable bonds is 0. The Hall–Kier alpha value is -0.890. The highest BCUT2D eigenvalue weighted by molar-refractivity contribution is 6.32. The van der Waals surface area contributed by atoms with Crippen LogP contribution in [0.3, 0.4) is 0 Å². The van der Waals surface area contributed by atoms with E-state index in [0.717, 1.165) is 0 Å². The van der Waals surface area contributed by atoms with Crippen LogP contribution in [0, 0.1) is 0 Å². The van der Waals surface area contributed by atoms with Gasteiger partial charge in [0.1, 0.15) is 11.5 Å². The lowest BCUT2D eigenvalue weighted by atomic mass is 11.3. The van der Waals surface area contributed by atoms with Gasteiger partial charge < -0.3 is 10.2 Å². The van der Waals surface area contributed by atoms with Gasteiger partial charge >= 0.3 is 0 Å². The van der Waals surface area contributed by atoms with Crippen LogP contribution in [0.4, 0.5) is 0 Å². The van der Waals surface area contributed by atoms with Crippen molar-refractivity contribution in [3.63, 3.8) is 0 Å². The highest BCUT2D eigenvalue weighted by atomic mass is 35.5. The molecule has 0 aliphatic heterocycles. The third-order valence-electron chi connectivity index (χ3n) is 0.930. The Bertz CT molecular complexity index is 222. The Morgan fingerprint density at radius 1 is 1.22 bits per heavy atom. The molecule has 48 valence electrons. The van der Waals surface area contributed by atoms with Crippen molar-refractivity contribution in [3.05, 3.63) is 23.2 Å². The summed E-state index contributed by atoms with van der Waals surface area (Å²) in [5.74, 6) is -0.0893. The zero-order valence-corrected chi connectivity index (χ0v) is 5.26. The molecular weight excluding hydrogens is 145 g/mol. The van der Waals surface area contributed by atoms with Crippen molar-refractivity contribution in [1.82, 2.24) is 0 Å². The summed E-state index contributed by atoms with van der Waals surface area (Å²) in [5.41, 5.74) is 0. The molecule has 0 heterocycles. The molecule has 0 aromatic heterocycles. The van der Waals surface area contributed by atoms with E-state index in [9.17, 15) is 0 Å². The second-order valence-electron chi connectivity index (χ2n) is 1.64. The molecule has 2 N–H and O–H groups in total. The minimum atomic E-state index is -0.100. The lowest BCUT2D eigenvalue weighted by molar-refractivity contribution is 0.451. The molecule has 2 nitrogen and oxygen atoms in total. The van der Waals surface area contributed by atoms with Crippen LogP contribution in [-0.4, -0.2) is 10.2 Å². The summed E-state index contributed by atoms with van der Waals surface area (Å²) < 4.78 is 0. The Kier molecular flexibility index (Phi) is 1.49. The molecular formula is C6H5ClO2. The zero-order chi connectivity index (χ0) is 6.85. The average Bonchev–Trinajstić information content (AvgIpc) is 1.80.